The number of nitriles is 1. The van der Waals surface area contributed by atoms with E-state index >= 15 is 0 Å². The van der Waals surface area contributed by atoms with Crippen LogP contribution in [0.15, 0.2) is 48.5 Å². The molecule has 0 bridgehead atoms. The van der Waals surface area contributed by atoms with Crippen molar-refractivity contribution in [3.05, 3.63) is 65.2 Å². The van der Waals surface area contributed by atoms with Crippen LogP contribution in [0.1, 0.15) is 36.0 Å². The van der Waals surface area contributed by atoms with Crippen LogP contribution < -0.4 is 10.6 Å². The van der Waals surface area contributed by atoms with Gasteiger partial charge in [0.25, 0.3) is 0 Å². The van der Waals surface area contributed by atoms with E-state index in [2.05, 4.69) is 45.9 Å². The molecule has 0 aromatic heterocycles. The number of carbonyl (C=O) groups excluding carboxylic acids is 1. The number of benzene rings is 2. The Morgan fingerprint density at radius 1 is 0.963 bits per heavy atom. The number of anilines is 1. The lowest BCUT2D eigenvalue weighted by Gasteiger charge is -2.26. The van der Waals surface area contributed by atoms with Gasteiger partial charge in [0.2, 0.25) is 5.91 Å². The second-order valence-corrected chi connectivity index (χ2v) is 6.97. The fourth-order valence-corrected chi connectivity index (χ4v) is 3.25. The van der Waals surface area contributed by atoms with Gasteiger partial charge < -0.3 is 10.6 Å². The molecule has 1 amide bonds. The molecular formula is C22H26N4O. The first-order valence-corrected chi connectivity index (χ1v) is 9.54. The molecule has 2 aromatic carbocycles. The Bertz CT molecular complexity index is 771. The molecule has 0 unspecified atom stereocenters. The fourth-order valence-electron chi connectivity index (χ4n) is 3.25. The lowest BCUT2D eigenvalue weighted by Crippen LogP contribution is -2.29. The summed E-state index contributed by atoms with van der Waals surface area (Å²) in [7, 11) is 0. The van der Waals surface area contributed by atoms with E-state index in [0.29, 0.717) is 12.1 Å². The third-order valence-electron chi connectivity index (χ3n) is 4.83. The van der Waals surface area contributed by atoms with Crippen molar-refractivity contribution >= 4 is 11.6 Å². The Hall–Kier alpha value is -2.84. The van der Waals surface area contributed by atoms with Crippen molar-refractivity contribution in [2.45, 2.75) is 32.4 Å². The van der Waals surface area contributed by atoms with Gasteiger partial charge in [-0.2, -0.15) is 5.26 Å². The van der Waals surface area contributed by atoms with Crippen molar-refractivity contribution in [1.82, 2.24) is 10.2 Å². The number of likely N-dealkylation sites (tertiary alicyclic amines) is 1. The number of hydrogen-bond donors (Lipinski definition) is 2. The monoisotopic (exact) mass is 362 g/mol. The van der Waals surface area contributed by atoms with Gasteiger partial charge in [-0.05, 0) is 61.3 Å². The standard InChI is InChI=1S/C22H26N4O/c23-14-18-8-10-21(11-9-18)24-16-22(27)25-15-19-4-6-20(7-5-19)17-26-12-2-1-3-13-26/h4-11,24H,1-3,12-13,15-17H2,(H,25,27). The zero-order valence-electron chi connectivity index (χ0n) is 15.6. The van der Waals surface area contributed by atoms with E-state index in [-0.39, 0.29) is 12.5 Å². The third-order valence-corrected chi connectivity index (χ3v) is 4.83. The number of hydrogen-bond acceptors (Lipinski definition) is 4. The molecule has 140 valence electrons. The maximum atomic E-state index is 12.0. The summed E-state index contributed by atoms with van der Waals surface area (Å²) in [4.78, 5) is 14.5. The Kier molecular flexibility index (Phi) is 6.84. The smallest absolute Gasteiger partial charge is 0.239 e. The van der Waals surface area contributed by atoms with Crippen molar-refractivity contribution in [3.63, 3.8) is 0 Å². The van der Waals surface area contributed by atoms with E-state index in [4.69, 9.17) is 5.26 Å². The topological polar surface area (TPSA) is 68.2 Å². The van der Waals surface area contributed by atoms with Gasteiger partial charge >= 0.3 is 0 Å². The van der Waals surface area contributed by atoms with E-state index in [1.54, 1.807) is 24.3 Å². The predicted molar refractivity (Wildman–Crippen MR) is 107 cm³/mol. The molecule has 2 N–H and O–H groups in total. The number of nitrogens with zero attached hydrogens (tertiary/aromatic N) is 2. The van der Waals surface area contributed by atoms with Gasteiger partial charge in [0, 0.05) is 18.8 Å². The maximum absolute atomic E-state index is 12.0. The molecule has 1 fully saturated rings. The van der Waals surface area contributed by atoms with Gasteiger partial charge in [-0.15, -0.1) is 0 Å². The molecular weight excluding hydrogens is 336 g/mol. The SMILES string of the molecule is N#Cc1ccc(NCC(=O)NCc2ccc(CN3CCCCC3)cc2)cc1. The highest BCUT2D eigenvalue weighted by Gasteiger charge is 2.10. The van der Waals surface area contributed by atoms with Crippen LogP contribution in [-0.2, 0) is 17.9 Å². The Morgan fingerprint density at radius 2 is 1.63 bits per heavy atom. The zero-order chi connectivity index (χ0) is 18.9. The molecule has 1 saturated heterocycles. The van der Waals surface area contributed by atoms with E-state index < -0.39 is 0 Å². The van der Waals surface area contributed by atoms with Gasteiger partial charge in [0.15, 0.2) is 0 Å². The molecule has 1 heterocycles. The van der Waals surface area contributed by atoms with Crippen molar-refractivity contribution in [3.8, 4) is 6.07 Å². The first-order chi connectivity index (χ1) is 13.2. The average molecular weight is 362 g/mol. The summed E-state index contributed by atoms with van der Waals surface area (Å²) >= 11 is 0. The Labute approximate surface area is 161 Å². The first-order valence-electron chi connectivity index (χ1n) is 9.54. The largest absolute Gasteiger partial charge is 0.376 e. The molecule has 0 spiro atoms. The van der Waals surface area contributed by atoms with Crippen molar-refractivity contribution in [2.24, 2.45) is 0 Å². The minimum absolute atomic E-state index is 0.0586. The second-order valence-electron chi connectivity index (χ2n) is 6.97. The molecule has 2 aromatic rings. The van der Waals surface area contributed by atoms with Crippen LogP contribution in [0.4, 0.5) is 5.69 Å². The van der Waals surface area contributed by atoms with Gasteiger partial charge in [-0.3, -0.25) is 9.69 Å². The summed E-state index contributed by atoms with van der Waals surface area (Å²) in [5.74, 6) is -0.0586. The zero-order valence-corrected chi connectivity index (χ0v) is 15.6. The summed E-state index contributed by atoms with van der Waals surface area (Å²) in [6.45, 7) is 4.14. The Balaban J connectivity index is 1.39. The summed E-state index contributed by atoms with van der Waals surface area (Å²) < 4.78 is 0. The fraction of sp³-hybridized carbons (Fsp3) is 0.364. The summed E-state index contributed by atoms with van der Waals surface area (Å²) in [6, 6.07) is 17.6. The van der Waals surface area contributed by atoms with Crippen LogP contribution in [0.25, 0.3) is 0 Å². The lowest BCUT2D eigenvalue weighted by molar-refractivity contribution is -0.119. The predicted octanol–water partition coefficient (Wildman–Crippen LogP) is 3.27. The third kappa shape index (κ3) is 6.12. The van der Waals surface area contributed by atoms with Crippen LogP contribution in [0, 0.1) is 11.3 Å². The van der Waals surface area contributed by atoms with Gasteiger partial charge in [0.05, 0.1) is 18.2 Å². The maximum Gasteiger partial charge on any atom is 0.239 e. The molecule has 3 rings (SSSR count). The van der Waals surface area contributed by atoms with Crippen molar-refractivity contribution in [2.75, 3.05) is 25.0 Å². The van der Waals surface area contributed by atoms with Crippen LogP contribution in [0.3, 0.4) is 0 Å². The van der Waals surface area contributed by atoms with E-state index in [1.165, 1.54) is 37.9 Å². The van der Waals surface area contributed by atoms with Crippen LogP contribution in [-0.4, -0.2) is 30.4 Å². The molecule has 0 atom stereocenters. The van der Waals surface area contributed by atoms with E-state index in [1.807, 2.05) is 0 Å². The molecule has 0 aliphatic carbocycles. The summed E-state index contributed by atoms with van der Waals surface area (Å²) in [5.41, 5.74) is 3.86. The second kappa shape index (κ2) is 9.75. The van der Waals surface area contributed by atoms with Crippen LogP contribution in [0.2, 0.25) is 0 Å². The molecule has 1 aliphatic rings. The van der Waals surface area contributed by atoms with Gasteiger partial charge in [0.1, 0.15) is 0 Å². The minimum Gasteiger partial charge on any atom is -0.376 e. The normalized spacial score (nSPS) is 14.3. The minimum atomic E-state index is -0.0586. The molecule has 1 aliphatic heterocycles. The summed E-state index contributed by atoms with van der Waals surface area (Å²) in [5, 5.41) is 14.8. The van der Waals surface area contributed by atoms with Crippen LogP contribution in [0.5, 0.6) is 0 Å². The van der Waals surface area contributed by atoms with E-state index in [9.17, 15) is 4.79 Å². The summed E-state index contributed by atoms with van der Waals surface area (Å²) in [6.07, 6.45) is 3.97. The van der Waals surface area contributed by atoms with Gasteiger partial charge in [-0.1, -0.05) is 30.7 Å². The first kappa shape index (κ1) is 18.9. The number of carbonyl (C=O) groups is 1. The molecule has 5 nitrogen and oxygen atoms in total. The van der Waals surface area contributed by atoms with E-state index in [0.717, 1.165) is 17.8 Å². The quantitative estimate of drug-likeness (QED) is 0.793. The number of piperidine rings is 1. The number of rotatable bonds is 7. The van der Waals surface area contributed by atoms with Crippen molar-refractivity contribution in [1.29, 1.82) is 5.26 Å². The number of amides is 1. The molecule has 27 heavy (non-hydrogen) atoms. The highest BCUT2D eigenvalue weighted by Crippen LogP contribution is 2.13. The Morgan fingerprint density at radius 3 is 2.30 bits per heavy atom. The van der Waals surface area contributed by atoms with Crippen LogP contribution >= 0.6 is 0 Å². The molecule has 5 heteroatoms. The lowest BCUT2D eigenvalue weighted by atomic mass is 10.1. The highest BCUT2D eigenvalue weighted by atomic mass is 16.1. The molecule has 0 radical (unpaired) electrons. The average Bonchev–Trinajstić information content (AvgIpc) is 2.73. The van der Waals surface area contributed by atoms with Gasteiger partial charge in [-0.25, -0.2) is 0 Å². The molecule has 0 saturated carbocycles. The number of nitrogens with one attached hydrogen (secondary N) is 2. The van der Waals surface area contributed by atoms with Crippen molar-refractivity contribution < 1.29 is 4.79 Å². The highest BCUT2D eigenvalue weighted by molar-refractivity contribution is 5.80.